The first-order valence-corrected chi connectivity index (χ1v) is 7.02. The van der Waals surface area contributed by atoms with Crippen molar-refractivity contribution in [1.82, 2.24) is 0 Å². The fourth-order valence-electron chi connectivity index (χ4n) is 0.839. The summed E-state index contributed by atoms with van der Waals surface area (Å²) in [6.07, 6.45) is -0.301. The smallest absolute Gasteiger partial charge is 0.326 e. The highest BCUT2D eigenvalue weighted by atomic mass is 31.2. The Bertz CT molecular complexity index is 366. The van der Waals surface area contributed by atoms with E-state index in [1.54, 1.807) is 30.3 Å². The quantitative estimate of drug-likeness (QED) is 0.722. The van der Waals surface area contributed by atoms with Gasteiger partial charge in [0.2, 0.25) is 0 Å². The van der Waals surface area contributed by atoms with Gasteiger partial charge >= 0.3 is 15.9 Å². The first-order valence-electron chi connectivity index (χ1n) is 3.95. The molecule has 0 heterocycles. The van der Waals surface area contributed by atoms with Crippen molar-refractivity contribution in [3.63, 3.8) is 0 Å². The maximum absolute atomic E-state index is 11.4. The van der Waals surface area contributed by atoms with E-state index in [2.05, 4.69) is 4.73 Å². The Kier molecular flexibility index (Phi) is 7.42. The van der Waals surface area contributed by atoms with Crippen molar-refractivity contribution in [2.75, 3.05) is 0 Å². The SMILES string of the molecule is O=P(O)(Cc1ccccc1)OF.O=[PH](O)O. The first kappa shape index (κ1) is 15.4. The van der Waals surface area contributed by atoms with Gasteiger partial charge in [-0.15, -0.1) is 4.73 Å². The lowest BCUT2D eigenvalue weighted by molar-refractivity contribution is -0.0193. The van der Waals surface area contributed by atoms with Gasteiger partial charge in [-0.3, -0.25) is 9.13 Å². The monoisotopic (exact) mass is 272 g/mol. The van der Waals surface area contributed by atoms with Gasteiger partial charge in [-0.1, -0.05) is 30.3 Å². The zero-order chi connectivity index (χ0) is 12.6. The van der Waals surface area contributed by atoms with Crippen LogP contribution in [0.4, 0.5) is 4.53 Å². The molecule has 0 fully saturated rings. The molecular formula is C7H11FO6P2. The summed E-state index contributed by atoms with van der Waals surface area (Å²) in [4.78, 5) is 23.0. The minimum atomic E-state index is -4.06. The number of benzene rings is 1. The topological polar surface area (TPSA) is 104 Å². The predicted molar refractivity (Wildman–Crippen MR) is 55.6 cm³/mol. The molecule has 0 spiro atoms. The van der Waals surface area contributed by atoms with Crippen molar-refractivity contribution in [1.29, 1.82) is 0 Å². The average molecular weight is 272 g/mol. The summed E-state index contributed by atoms with van der Waals surface area (Å²) in [5.74, 6) is 0. The summed E-state index contributed by atoms with van der Waals surface area (Å²) in [6, 6.07) is 8.42. The van der Waals surface area contributed by atoms with Crippen molar-refractivity contribution in [2.24, 2.45) is 0 Å². The van der Waals surface area contributed by atoms with Crippen molar-refractivity contribution >= 4 is 15.9 Å². The number of hydrogen-bond donors (Lipinski definition) is 3. The van der Waals surface area contributed by atoms with Gasteiger partial charge in [0.1, 0.15) is 0 Å². The van der Waals surface area contributed by atoms with Crippen LogP contribution in [-0.4, -0.2) is 14.7 Å². The molecule has 0 radical (unpaired) electrons. The van der Waals surface area contributed by atoms with Crippen LogP contribution in [0.3, 0.4) is 0 Å². The molecule has 1 unspecified atom stereocenters. The molecule has 1 aromatic carbocycles. The third-order valence-electron chi connectivity index (χ3n) is 1.33. The highest BCUT2D eigenvalue weighted by molar-refractivity contribution is 7.51. The van der Waals surface area contributed by atoms with Gasteiger partial charge in [0.15, 0.2) is 0 Å². The van der Waals surface area contributed by atoms with Crippen molar-refractivity contribution in [3.05, 3.63) is 35.9 Å². The van der Waals surface area contributed by atoms with E-state index in [-0.39, 0.29) is 6.16 Å². The van der Waals surface area contributed by atoms with E-state index >= 15 is 0 Å². The standard InChI is InChI=1S/C7H8FO3P.H3O3P/c8-11-12(9,10)6-7-4-2-1-3-5-7;1-4(2)3/h1-5H,6H2,(H,9,10);4H,(H2,1,2,3). The van der Waals surface area contributed by atoms with Crippen LogP contribution in [0, 0.1) is 0 Å². The Morgan fingerprint density at radius 2 is 1.75 bits per heavy atom. The fourth-order valence-corrected chi connectivity index (χ4v) is 1.56. The Labute approximate surface area is 91.7 Å². The third kappa shape index (κ3) is 8.73. The number of halogens is 1. The summed E-state index contributed by atoms with van der Waals surface area (Å²) in [5.41, 5.74) is 0.570. The van der Waals surface area contributed by atoms with Crippen LogP contribution < -0.4 is 0 Å². The van der Waals surface area contributed by atoms with E-state index in [1.807, 2.05) is 0 Å². The molecule has 92 valence electrons. The van der Waals surface area contributed by atoms with E-state index in [0.29, 0.717) is 5.56 Å². The highest BCUT2D eigenvalue weighted by Crippen LogP contribution is 2.45. The molecule has 9 heteroatoms. The van der Waals surface area contributed by atoms with Gasteiger partial charge in [-0.2, -0.15) is 0 Å². The number of hydrogen-bond acceptors (Lipinski definition) is 3. The minimum absolute atomic E-state index is 0.301. The van der Waals surface area contributed by atoms with Gasteiger partial charge in [-0.05, 0) is 10.1 Å². The molecule has 16 heavy (non-hydrogen) atoms. The zero-order valence-corrected chi connectivity index (χ0v) is 9.88. The predicted octanol–water partition coefficient (Wildman–Crippen LogP) is 1.63. The van der Waals surface area contributed by atoms with Crippen molar-refractivity contribution in [2.45, 2.75) is 6.16 Å². The summed E-state index contributed by atoms with van der Waals surface area (Å²) in [6.45, 7) is 0. The molecule has 0 aromatic heterocycles. The van der Waals surface area contributed by atoms with Crippen LogP contribution in [0.2, 0.25) is 0 Å². The molecule has 0 bridgehead atoms. The van der Waals surface area contributed by atoms with Gasteiger partial charge in [0.25, 0.3) is 0 Å². The summed E-state index contributed by atoms with van der Waals surface area (Å²) in [7, 11) is -7.19. The largest absolute Gasteiger partial charge is 0.365 e. The lowest BCUT2D eigenvalue weighted by Crippen LogP contribution is -1.86. The van der Waals surface area contributed by atoms with E-state index in [1.165, 1.54) is 0 Å². The van der Waals surface area contributed by atoms with Crippen molar-refractivity contribution < 1.29 is 33.1 Å². The lowest BCUT2D eigenvalue weighted by atomic mass is 10.2. The second-order valence-corrected chi connectivity index (χ2v) is 4.93. The molecule has 1 rings (SSSR count). The van der Waals surface area contributed by atoms with Gasteiger partial charge in [0, 0.05) is 0 Å². The molecule has 0 saturated heterocycles. The first-order chi connectivity index (χ1) is 7.37. The molecule has 0 aliphatic heterocycles. The van der Waals surface area contributed by atoms with E-state index < -0.39 is 15.9 Å². The van der Waals surface area contributed by atoms with Gasteiger partial charge in [-0.25, -0.2) is 0 Å². The highest BCUT2D eigenvalue weighted by Gasteiger charge is 2.20. The Morgan fingerprint density at radius 1 is 1.31 bits per heavy atom. The summed E-state index contributed by atoms with van der Waals surface area (Å²) < 4.78 is 33.8. The molecule has 6 nitrogen and oxygen atoms in total. The Balaban J connectivity index is 0.000000487. The maximum atomic E-state index is 11.4. The van der Waals surface area contributed by atoms with Crippen LogP contribution in [0.25, 0.3) is 0 Å². The molecule has 3 N–H and O–H groups in total. The maximum Gasteiger partial charge on any atom is 0.365 e. The second kappa shape index (κ2) is 7.68. The lowest BCUT2D eigenvalue weighted by Gasteiger charge is -2.03. The van der Waals surface area contributed by atoms with Crippen LogP contribution in [-0.2, 0) is 20.0 Å². The molecule has 1 aromatic rings. The Morgan fingerprint density at radius 3 is 2.12 bits per heavy atom. The van der Waals surface area contributed by atoms with Crippen molar-refractivity contribution in [3.8, 4) is 0 Å². The van der Waals surface area contributed by atoms with E-state index in [4.69, 9.17) is 19.2 Å². The molecule has 0 aliphatic carbocycles. The molecular weight excluding hydrogens is 261 g/mol. The van der Waals surface area contributed by atoms with Gasteiger partial charge in [0.05, 0.1) is 6.16 Å². The molecule has 0 saturated carbocycles. The minimum Gasteiger partial charge on any atom is -0.326 e. The summed E-state index contributed by atoms with van der Waals surface area (Å²) >= 11 is 0. The van der Waals surface area contributed by atoms with E-state index in [0.717, 1.165) is 0 Å². The van der Waals surface area contributed by atoms with Crippen LogP contribution in [0.1, 0.15) is 5.56 Å². The van der Waals surface area contributed by atoms with Crippen LogP contribution in [0.15, 0.2) is 30.3 Å². The van der Waals surface area contributed by atoms with Crippen LogP contribution in [0.5, 0.6) is 0 Å². The Hall–Kier alpha value is -0.550. The van der Waals surface area contributed by atoms with Crippen LogP contribution >= 0.6 is 15.9 Å². The molecule has 1 atom stereocenters. The normalized spacial score (nSPS) is 13.8. The zero-order valence-electron chi connectivity index (χ0n) is 7.99. The third-order valence-corrected chi connectivity index (χ3v) is 2.31. The average Bonchev–Trinajstić information content (AvgIpc) is 2.18. The number of rotatable bonds is 3. The molecule has 0 aliphatic rings. The fraction of sp³-hybridized carbons (Fsp3) is 0.143. The van der Waals surface area contributed by atoms with E-state index in [9.17, 15) is 9.09 Å². The molecule has 0 amide bonds. The van der Waals surface area contributed by atoms with Gasteiger partial charge < -0.3 is 14.7 Å². The summed E-state index contributed by atoms with van der Waals surface area (Å²) in [5, 5.41) is 0. The second-order valence-electron chi connectivity index (χ2n) is 2.63.